The highest BCUT2D eigenvalue weighted by Gasteiger charge is 2.33. The largest absolute Gasteiger partial charge is 0.497 e. The van der Waals surface area contributed by atoms with E-state index in [0.717, 1.165) is 36.3 Å². The molecule has 2 aromatic carbocycles. The summed E-state index contributed by atoms with van der Waals surface area (Å²) in [6.45, 7) is 4.01. The van der Waals surface area contributed by atoms with Crippen molar-refractivity contribution >= 4 is 17.3 Å². The Labute approximate surface area is 162 Å². The zero-order valence-corrected chi connectivity index (χ0v) is 16.5. The van der Waals surface area contributed by atoms with Gasteiger partial charge in [0.2, 0.25) is 0 Å². The van der Waals surface area contributed by atoms with Gasteiger partial charge in [0, 0.05) is 19.1 Å². The van der Waals surface area contributed by atoms with E-state index in [1.165, 1.54) is 24.0 Å². The lowest BCUT2D eigenvalue weighted by Crippen LogP contribution is -2.45. The summed E-state index contributed by atoms with van der Waals surface area (Å²) >= 11 is 5.75. The minimum absolute atomic E-state index is 0.483. The molecule has 138 valence electrons. The standard InChI is InChI=1S/C22H28N2OS/c1-17(20-10-11-20)24(16-19-6-4-3-5-7-19)22(26)23-15-14-18-8-12-21(25-2)13-9-18/h3-9,12-13,17,20H,10-11,14-16H2,1-2H3,(H,23,26). The van der Waals surface area contributed by atoms with E-state index in [-0.39, 0.29) is 0 Å². The average molecular weight is 369 g/mol. The fourth-order valence-electron chi connectivity index (χ4n) is 3.22. The Morgan fingerprint density at radius 3 is 2.42 bits per heavy atom. The van der Waals surface area contributed by atoms with Crippen LogP contribution in [-0.4, -0.2) is 29.7 Å². The number of hydrogen-bond donors (Lipinski definition) is 1. The molecule has 0 aromatic heterocycles. The zero-order chi connectivity index (χ0) is 18.4. The second kappa shape index (κ2) is 9.04. The molecule has 1 atom stereocenters. The Morgan fingerprint density at radius 1 is 1.12 bits per heavy atom. The first kappa shape index (κ1) is 18.7. The van der Waals surface area contributed by atoms with Gasteiger partial charge in [-0.3, -0.25) is 0 Å². The molecule has 1 aliphatic carbocycles. The summed E-state index contributed by atoms with van der Waals surface area (Å²) in [5.41, 5.74) is 2.59. The van der Waals surface area contributed by atoms with Gasteiger partial charge in [-0.2, -0.15) is 0 Å². The van der Waals surface area contributed by atoms with Crippen LogP contribution in [0.3, 0.4) is 0 Å². The van der Waals surface area contributed by atoms with Gasteiger partial charge in [-0.05, 0) is 67.6 Å². The summed E-state index contributed by atoms with van der Waals surface area (Å²) in [7, 11) is 1.69. The average Bonchev–Trinajstić information content (AvgIpc) is 3.52. The summed E-state index contributed by atoms with van der Waals surface area (Å²) in [5, 5.41) is 4.33. The van der Waals surface area contributed by atoms with Crippen molar-refractivity contribution in [3.8, 4) is 5.75 Å². The van der Waals surface area contributed by atoms with Gasteiger partial charge in [-0.25, -0.2) is 0 Å². The summed E-state index contributed by atoms with van der Waals surface area (Å²) in [6, 6.07) is 19.3. The number of hydrogen-bond acceptors (Lipinski definition) is 2. The molecule has 3 rings (SSSR count). The number of rotatable bonds is 8. The molecular weight excluding hydrogens is 340 g/mol. The Kier molecular flexibility index (Phi) is 6.51. The quantitative estimate of drug-likeness (QED) is 0.698. The maximum atomic E-state index is 5.75. The van der Waals surface area contributed by atoms with E-state index in [9.17, 15) is 0 Å². The second-order valence-corrected chi connectivity index (χ2v) is 7.41. The molecule has 3 nitrogen and oxygen atoms in total. The molecule has 0 spiro atoms. The first-order valence-corrected chi connectivity index (χ1v) is 9.79. The lowest BCUT2D eigenvalue weighted by Gasteiger charge is -2.32. The molecule has 0 aliphatic heterocycles. The first-order valence-electron chi connectivity index (χ1n) is 9.38. The second-order valence-electron chi connectivity index (χ2n) is 7.02. The number of nitrogens with one attached hydrogen (secondary N) is 1. The van der Waals surface area contributed by atoms with Crippen LogP contribution in [0.1, 0.15) is 30.9 Å². The van der Waals surface area contributed by atoms with Gasteiger partial charge in [0.05, 0.1) is 7.11 Å². The van der Waals surface area contributed by atoms with Gasteiger partial charge in [0.25, 0.3) is 0 Å². The highest BCUT2D eigenvalue weighted by molar-refractivity contribution is 7.80. The molecule has 1 fully saturated rings. The van der Waals surface area contributed by atoms with E-state index in [1.54, 1.807) is 7.11 Å². The number of benzene rings is 2. The molecule has 1 aliphatic rings. The van der Waals surface area contributed by atoms with E-state index in [0.29, 0.717) is 6.04 Å². The van der Waals surface area contributed by atoms with Crippen molar-refractivity contribution in [3.63, 3.8) is 0 Å². The molecule has 1 unspecified atom stereocenters. The Balaban J connectivity index is 1.56. The van der Waals surface area contributed by atoms with E-state index in [4.69, 9.17) is 17.0 Å². The maximum Gasteiger partial charge on any atom is 0.169 e. The van der Waals surface area contributed by atoms with E-state index in [2.05, 4.69) is 59.6 Å². The third kappa shape index (κ3) is 5.21. The number of nitrogens with zero attached hydrogens (tertiary/aromatic N) is 1. The third-order valence-corrected chi connectivity index (χ3v) is 5.48. The Bertz CT molecular complexity index is 698. The molecular formula is C22H28N2OS. The predicted molar refractivity (Wildman–Crippen MR) is 111 cm³/mol. The van der Waals surface area contributed by atoms with Crippen molar-refractivity contribution in [2.75, 3.05) is 13.7 Å². The van der Waals surface area contributed by atoms with Crippen molar-refractivity contribution in [1.29, 1.82) is 0 Å². The van der Waals surface area contributed by atoms with Crippen molar-refractivity contribution in [2.45, 2.75) is 38.8 Å². The van der Waals surface area contributed by atoms with Gasteiger partial charge in [-0.15, -0.1) is 0 Å². The third-order valence-electron chi connectivity index (χ3n) is 5.10. The van der Waals surface area contributed by atoms with Crippen LogP contribution in [0, 0.1) is 5.92 Å². The predicted octanol–water partition coefficient (Wildman–Crippen LogP) is 4.41. The van der Waals surface area contributed by atoms with Crippen LogP contribution < -0.4 is 10.1 Å². The van der Waals surface area contributed by atoms with Gasteiger partial charge in [0.1, 0.15) is 5.75 Å². The molecule has 26 heavy (non-hydrogen) atoms. The van der Waals surface area contributed by atoms with E-state index in [1.807, 2.05) is 12.1 Å². The highest BCUT2D eigenvalue weighted by atomic mass is 32.1. The first-order chi connectivity index (χ1) is 12.7. The van der Waals surface area contributed by atoms with Crippen LogP contribution in [0.15, 0.2) is 54.6 Å². The minimum Gasteiger partial charge on any atom is -0.497 e. The summed E-state index contributed by atoms with van der Waals surface area (Å²) in [5.74, 6) is 1.67. The Hall–Kier alpha value is -2.07. The van der Waals surface area contributed by atoms with Crippen molar-refractivity contribution in [3.05, 3.63) is 65.7 Å². The van der Waals surface area contributed by atoms with E-state index >= 15 is 0 Å². The fraction of sp³-hybridized carbons (Fsp3) is 0.409. The van der Waals surface area contributed by atoms with Gasteiger partial charge in [-0.1, -0.05) is 42.5 Å². The minimum atomic E-state index is 0.483. The van der Waals surface area contributed by atoms with Crippen LogP contribution in [0.5, 0.6) is 5.75 Å². The van der Waals surface area contributed by atoms with Crippen molar-refractivity contribution < 1.29 is 4.74 Å². The van der Waals surface area contributed by atoms with Gasteiger partial charge in [0.15, 0.2) is 5.11 Å². The molecule has 0 heterocycles. The van der Waals surface area contributed by atoms with Crippen molar-refractivity contribution in [2.24, 2.45) is 5.92 Å². The molecule has 0 radical (unpaired) electrons. The fourth-order valence-corrected chi connectivity index (χ4v) is 3.55. The van der Waals surface area contributed by atoms with Gasteiger partial charge >= 0.3 is 0 Å². The van der Waals surface area contributed by atoms with Crippen LogP contribution in [-0.2, 0) is 13.0 Å². The normalized spacial score (nSPS) is 14.5. The summed E-state index contributed by atoms with van der Waals surface area (Å²) < 4.78 is 5.21. The SMILES string of the molecule is COc1ccc(CCNC(=S)N(Cc2ccccc2)C(C)C2CC2)cc1. The zero-order valence-electron chi connectivity index (χ0n) is 15.7. The molecule has 2 aromatic rings. The summed E-state index contributed by atoms with van der Waals surface area (Å²) in [6.07, 6.45) is 3.59. The Morgan fingerprint density at radius 2 is 1.81 bits per heavy atom. The van der Waals surface area contributed by atoms with Crippen LogP contribution >= 0.6 is 12.2 Å². The monoisotopic (exact) mass is 368 g/mol. The maximum absolute atomic E-state index is 5.75. The van der Waals surface area contributed by atoms with Crippen molar-refractivity contribution in [1.82, 2.24) is 10.2 Å². The topological polar surface area (TPSA) is 24.5 Å². The molecule has 1 N–H and O–H groups in total. The number of methoxy groups -OCH3 is 1. The van der Waals surface area contributed by atoms with Gasteiger partial charge < -0.3 is 15.0 Å². The number of ether oxygens (including phenoxy) is 1. The molecule has 4 heteroatoms. The molecule has 0 bridgehead atoms. The van der Waals surface area contributed by atoms with E-state index < -0.39 is 0 Å². The highest BCUT2D eigenvalue weighted by Crippen LogP contribution is 2.35. The van der Waals surface area contributed by atoms with Crippen LogP contribution in [0.4, 0.5) is 0 Å². The molecule has 1 saturated carbocycles. The summed E-state index contributed by atoms with van der Waals surface area (Å²) in [4.78, 5) is 2.36. The lowest BCUT2D eigenvalue weighted by atomic mass is 10.1. The molecule has 0 amide bonds. The van der Waals surface area contributed by atoms with Crippen LogP contribution in [0.25, 0.3) is 0 Å². The molecule has 0 saturated heterocycles. The smallest absolute Gasteiger partial charge is 0.169 e. The number of thiocarbonyl (C=S) groups is 1. The lowest BCUT2D eigenvalue weighted by molar-refractivity contribution is 0.290. The van der Waals surface area contributed by atoms with Crippen LogP contribution in [0.2, 0.25) is 0 Å².